The summed E-state index contributed by atoms with van der Waals surface area (Å²) in [6.07, 6.45) is 4.60. The van der Waals surface area contributed by atoms with Crippen LogP contribution in [-0.2, 0) is 11.8 Å². The summed E-state index contributed by atoms with van der Waals surface area (Å²) < 4.78 is 7.54. The van der Waals surface area contributed by atoms with E-state index in [-0.39, 0.29) is 5.91 Å². The number of piperidine rings is 1. The van der Waals surface area contributed by atoms with Crippen LogP contribution in [0.3, 0.4) is 0 Å². The van der Waals surface area contributed by atoms with Gasteiger partial charge in [-0.3, -0.25) is 9.48 Å². The third kappa shape index (κ3) is 4.47. The van der Waals surface area contributed by atoms with Crippen molar-refractivity contribution in [1.82, 2.24) is 14.9 Å². The molecule has 1 saturated heterocycles. The fraction of sp³-hybridized carbons (Fsp3) is 0.207. The van der Waals surface area contributed by atoms with Crippen molar-refractivity contribution in [3.63, 3.8) is 0 Å². The maximum absolute atomic E-state index is 12.4. The van der Waals surface area contributed by atoms with Gasteiger partial charge in [-0.2, -0.15) is 5.10 Å². The first-order valence-corrected chi connectivity index (χ1v) is 12.7. The summed E-state index contributed by atoms with van der Waals surface area (Å²) in [5, 5.41) is 13.7. The van der Waals surface area contributed by atoms with Gasteiger partial charge in [-0.25, -0.2) is 0 Å². The Kier molecular flexibility index (Phi) is 5.93. The summed E-state index contributed by atoms with van der Waals surface area (Å²) in [4.78, 5) is 14.2. The van der Waals surface area contributed by atoms with Crippen LogP contribution in [0.1, 0.15) is 25.0 Å². The Morgan fingerprint density at radius 2 is 1.89 bits per heavy atom. The van der Waals surface area contributed by atoms with E-state index in [9.17, 15) is 4.79 Å². The molecule has 186 valence electrons. The van der Waals surface area contributed by atoms with Crippen molar-refractivity contribution in [2.75, 3.05) is 16.8 Å². The minimum Gasteiger partial charge on any atom is -0.354 e. The molecular weight excluding hydrogens is 486 g/mol. The number of aromatic nitrogens is 3. The van der Waals surface area contributed by atoms with Crippen LogP contribution >= 0.6 is 11.6 Å². The Morgan fingerprint density at radius 1 is 1.00 bits per heavy atom. The number of nitrogens with zero attached hydrogens (tertiary/aromatic N) is 4. The molecule has 1 amide bonds. The van der Waals surface area contributed by atoms with Gasteiger partial charge >= 0.3 is 0 Å². The minimum atomic E-state index is 0.171. The van der Waals surface area contributed by atoms with Crippen molar-refractivity contribution in [1.29, 1.82) is 0 Å². The second kappa shape index (κ2) is 9.41. The molecule has 0 saturated carbocycles. The lowest BCUT2D eigenvalue weighted by Crippen LogP contribution is -2.35. The van der Waals surface area contributed by atoms with E-state index in [0.717, 1.165) is 64.1 Å². The van der Waals surface area contributed by atoms with Crippen LogP contribution in [0.15, 0.2) is 71.4 Å². The molecule has 0 unspecified atom stereocenters. The monoisotopic (exact) mass is 511 g/mol. The summed E-state index contributed by atoms with van der Waals surface area (Å²) in [7, 11) is 1.92. The number of carbonyl (C=O) groups is 1. The molecule has 0 spiro atoms. The van der Waals surface area contributed by atoms with Crippen molar-refractivity contribution in [3.8, 4) is 22.3 Å². The fourth-order valence-corrected chi connectivity index (χ4v) is 5.19. The largest absolute Gasteiger partial charge is 0.354 e. The zero-order valence-electron chi connectivity index (χ0n) is 20.7. The molecule has 0 atom stereocenters. The van der Waals surface area contributed by atoms with Gasteiger partial charge < -0.3 is 14.7 Å². The number of fused-ring (bicyclic) bond motifs is 1. The highest BCUT2D eigenvalue weighted by Gasteiger charge is 2.20. The summed E-state index contributed by atoms with van der Waals surface area (Å²) >= 11 is 6.40. The molecule has 1 aliphatic rings. The van der Waals surface area contributed by atoms with E-state index in [0.29, 0.717) is 22.8 Å². The maximum atomic E-state index is 12.4. The molecule has 8 heteroatoms. The van der Waals surface area contributed by atoms with Crippen molar-refractivity contribution >= 4 is 45.7 Å². The highest BCUT2D eigenvalue weighted by molar-refractivity contribution is 6.31. The SMILES string of the molecule is Cc1nn(C)cc1-c1ccc(Cl)cc1-c1ccc2c(Nc3cccc(N4CCCCC4=O)c3)noc2c1. The van der Waals surface area contributed by atoms with Crippen molar-refractivity contribution in [3.05, 3.63) is 77.6 Å². The zero-order chi connectivity index (χ0) is 25.5. The fourth-order valence-electron chi connectivity index (χ4n) is 5.02. The highest BCUT2D eigenvalue weighted by Crippen LogP contribution is 2.38. The van der Waals surface area contributed by atoms with Gasteiger partial charge in [0.25, 0.3) is 0 Å². The average Bonchev–Trinajstić information content (AvgIpc) is 3.45. The molecule has 3 aromatic carbocycles. The van der Waals surface area contributed by atoms with Crippen molar-refractivity contribution in [2.45, 2.75) is 26.2 Å². The number of hydrogen-bond donors (Lipinski definition) is 1. The molecule has 6 rings (SSSR count). The van der Waals surface area contributed by atoms with Gasteiger partial charge in [0, 0.05) is 48.2 Å². The van der Waals surface area contributed by atoms with E-state index in [1.165, 1.54) is 0 Å². The van der Waals surface area contributed by atoms with Gasteiger partial charge in [-0.1, -0.05) is 35.0 Å². The van der Waals surface area contributed by atoms with Gasteiger partial charge in [0.2, 0.25) is 5.91 Å². The molecule has 1 aliphatic heterocycles. The number of amides is 1. The van der Waals surface area contributed by atoms with E-state index >= 15 is 0 Å². The van der Waals surface area contributed by atoms with E-state index in [1.54, 1.807) is 0 Å². The predicted molar refractivity (Wildman–Crippen MR) is 147 cm³/mol. The molecule has 1 N–H and O–H groups in total. The number of nitrogens with one attached hydrogen (secondary N) is 1. The first-order valence-electron chi connectivity index (χ1n) is 12.3. The molecule has 5 aromatic rings. The molecule has 3 heterocycles. The summed E-state index contributed by atoms with van der Waals surface area (Å²) in [6, 6.07) is 19.8. The standard InChI is InChI=1S/C29H26ClN5O2/c1-18-26(17-34(2)32-18)23-12-10-20(30)15-25(23)19-9-11-24-27(14-19)37-33-29(24)31-21-6-5-7-22(16-21)35-13-4-3-8-28(35)36/h5-7,9-12,14-17H,3-4,8,13H2,1-2H3,(H,31,33). The second-order valence-corrected chi connectivity index (χ2v) is 9.85. The summed E-state index contributed by atoms with van der Waals surface area (Å²) in [5.41, 5.74) is 7.43. The van der Waals surface area contributed by atoms with Crippen LogP contribution in [0, 0.1) is 6.92 Å². The van der Waals surface area contributed by atoms with E-state index < -0.39 is 0 Å². The number of hydrogen-bond acceptors (Lipinski definition) is 5. The van der Waals surface area contributed by atoms with Crippen LogP contribution < -0.4 is 10.2 Å². The van der Waals surface area contributed by atoms with Gasteiger partial charge in [-0.15, -0.1) is 0 Å². The highest BCUT2D eigenvalue weighted by atomic mass is 35.5. The Bertz CT molecular complexity index is 1640. The first-order chi connectivity index (χ1) is 18.0. The molecular formula is C29H26ClN5O2. The van der Waals surface area contributed by atoms with Crippen LogP contribution in [0.4, 0.5) is 17.2 Å². The Hall–Kier alpha value is -4.10. The quantitative estimate of drug-likeness (QED) is 0.272. The molecule has 2 aromatic heterocycles. The molecule has 0 bridgehead atoms. The number of carbonyl (C=O) groups excluding carboxylic acids is 1. The lowest BCUT2D eigenvalue weighted by Gasteiger charge is -2.27. The number of rotatable bonds is 5. The summed E-state index contributed by atoms with van der Waals surface area (Å²) in [6.45, 7) is 2.75. The molecule has 1 fully saturated rings. The number of benzene rings is 3. The average molecular weight is 512 g/mol. The van der Waals surface area contributed by atoms with Gasteiger partial charge in [0.05, 0.1) is 11.1 Å². The third-order valence-corrected chi connectivity index (χ3v) is 7.05. The van der Waals surface area contributed by atoms with Gasteiger partial charge in [-0.05, 0) is 78.9 Å². The number of anilines is 3. The van der Waals surface area contributed by atoms with Gasteiger partial charge in [0.15, 0.2) is 11.4 Å². The number of aryl methyl sites for hydroxylation is 2. The van der Waals surface area contributed by atoms with Crippen LogP contribution in [0.2, 0.25) is 5.02 Å². The first kappa shape index (κ1) is 23.3. The lowest BCUT2D eigenvalue weighted by atomic mass is 9.94. The third-order valence-electron chi connectivity index (χ3n) is 6.81. The molecule has 0 aliphatic carbocycles. The molecule has 0 radical (unpaired) electrons. The molecule has 37 heavy (non-hydrogen) atoms. The van der Waals surface area contributed by atoms with E-state index in [1.807, 2.05) is 90.4 Å². The van der Waals surface area contributed by atoms with Crippen LogP contribution in [-0.4, -0.2) is 27.4 Å². The number of halogens is 1. The zero-order valence-corrected chi connectivity index (χ0v) is 21.4. The van der Waals surface area contributed by atoms with E-state index in [4.69, 9.17) is 16.1 Å². The van der Waals surface area contributed by atoms with Crippen molar-refractivity contribution in [2.24, 2.45) is 7.05 Å². The molecule has 7 nitrogen and oxygen atoms in total. The predicted octanol–water partition coefficient (Wildman–Crippen LogP) is 7.12. The Labute approximate surface area is 219 Å². The topological polar surface area (TPSA) is 76.2 Å². The minimum absolute atomic E-state index is 0.171. The lowest BCUT2D eigenvalue weighted by molar-refractivity contribution is -0.119. The smallest absolute Gasteiger partial charge is 0.226 e. The van der Waals surface area contributed by atoms with Crippen LogP contribution in [0.5, 0.6) is 0 Å². The Morgan fingerprint density at radius 3 is 2.70 bits per heavy atom. The maximum Gasteiger partial charge on any atom is 0.226 e. The van der Waals surface area contributed by atoms with Crippen LogP contribution in [0.25, 0.3) is 33.2 Å². The normalized spacial score (nSPS) is 13.9. The second-order valence-electron chi connectivity index (χ2n) is 9.41. The van der Waals surface area contributed by atoms with Crippen molar-refractivity contribution < 1.29 is 9.32 Å². The van der Waals surface area contributed by atoms with Gasteiger partial charge in [0.1, 0.15) is 0 Å². The van der Waals surface area contributed by atoms with E-state index in [2.05, 4.69) is 15.6 Å². The summed E-state index contributed by atoms with van der Waals surface area (Å²) in [5.74, 6) is 0.794. The Balaban J connectivity index is 1.33.